The van der Waals surface area contributed by atoms with E-state index in [-0.39, 0.29) is 5.97 Å². The molecular formula is C11H14O3. The van der Waals surface area contributed by atoms with E-state index in [1.54, 1.807) is 7.11 Å². The molecule has 1 aromatic carbocycles. The number of carbonyl (C=O) groups excluding carboxylic acids is 1. The Hall–Kier alpha value is -1.35. The van der Waals surface area contributed by atoms with Crippen LogP contribution in [0.5, 0.6) is 5.75 Å². The molecule has 0 amide bonds. The molecular weight excluding hydrogens is 180 g/mol. The fourth-order valence-corrected chi connectivity index (χ4v) is 1.17. The Morgan fingerprint density at radius 3 is 2.71 bits per heavy atom. The van der Waals surface area contributed by atoms with Gasteiger partial charge in [-0.1, -0.05) is 12.1 Å². The van der Waals surface area contributed by atoms with Crippen molar-refractivity contribution in [2.24, 2.45) is 0 Å². The number of hydrogen-bond donors (Lipinski definition) is 0. The molecule has 0 aliphatic carbocycles. The molecule has 0 saturated carbocycles. The minimum absolute atomic E-state index is 0.303. The highest BCUT2D eigenvalue weighted by Crippen LogP contribution is 2.20. The largest absolute Gasteiger partial charge is 0.426 e. The van der Waals surface area contributed by atoms with Crippen molar-refractivity contribution < 1.29 is 14.3 Å². The fraction of sp³-hybridized carbons (Fsp3) is 0.364. The molecule has 0 aliphatic rings. The van der Waals surface area contributed by atoms with Crippen molar-refractivity contribution in [1.82, 2.24) is 0 Å². The molecule has 3 heteroatoms. The van der Waals surface area contributed by atoms with E-state index < -0.39 is 0 Å². The molecule has 0 N–H and O–H groups in total. The lowest BCUT2D eigenvalue weighted by atomic mass is 10.1. The Morgan fingerprint density at radius 2 is 2.14 bits per heavy atom. The highest BCUT2D eigenvalue weighted by atomic mass is 16.5. The van der Waals surface area contributed by atoms with Crippen molar-refractivity contribution in [2.75, 3.05) is 7.11 Å². The molecule has 1 aromatic rings. The lowest BCUT2D eigenvalue weighted by molar-refractivity contribution is -0.131. The van der Waals surface area contributed by atoms with Gasteiger partial charge in [-0.15, -0.1) is 0 Å². The average molecular weight is 194 g/mol. The summed E-state index contributed by atoms with van der Waals surface area (Å²) in [6.07, 6.45) is 0. The SMILES string of the molecule is COCc1ccc(C)c(OC(C)=O)c1. The lowest BCUT2D eigenvalue weighted by Gasteiger charge is -2.07. The molecule has 14 heavy (non-hydrogen) atoms. The van der Waals surface area contributed by atoms with Crippen molar-refractivity contribution in [3.63, 3.8) is 0 Å². The fourth-order valence-electron chi connectivity index (χ4n) is 1.17. The molecule has 0 radical (unpaired) electrons. The van der Waals surface area contributed by atoms with Crippen LogP contribution in [-0.2, 0) is 16.1 Å². The van der Waals surface area contributed by atoms with E-state index >= 15 is 0 Å². The van der Waals surface area contributed by atoms with Gasteiger partial charge < -0.3 is 9.47 Å². The summed E-state index contributed by atoms with van der Waals surface area (Å²) in [6, 6.07) is 5.68. The van der Waals surface area contributed by atoms with Gasteiger partial charge in [0.05, 0.1) is 6.61 Å². The Kier molecular flexibility index (Phi) is 3.65. The Labute approximate surface area is 83.6 Å². The van der Waals surface area contributed by atoms with Crippen LogP contribution < -0.4 is 4.74 Å². The van der Waals surface area contributed by atoms with Crippen LogP contribution in [0.1, 0.15) is 18.1 Å². The van der Waals surface area contributed by atoms with Crippen LogP contribution in [0.15, 0.2) is 18.2 Å². The van der Waals surface area contributed by atoms with Gasteiger partial charge in [0.15, 0.2) is 0 Å². The van der Waals surface area contributed by atoms with Crippen molar-refractivity contribution in [2.45, 2.75) is 20.5 Å². The molecule has 0 heterocycles. The summed E-state index contributed by atoms with van der Waals surface area (Å²) in [5.74, 6) is 0.301. The number of ether oxygens (including phenoxy) is 2. The second kappa shape index (κ2) is 4.77. The number of carbonyl (C=O) groups is 1. The molecule has 0 saturated heterocycles. The average Bonchev–Trinajstić information content (AvgIpc) is 2.10. The number of methoxy groups -OCH3 is 1. The first kappa shape index (κ1) is 10.7. The second-order valence-electron chi connectivity index (χ2n) is 3.13. The van der Waals surface area contributed by atoms with E-state index in [0.717, 1.165) is 11.1 Å². The van der Waals surface area contributed by atoms with Gasteiger partial charge in [0.1, 0.15) is 5.75 Å². The second-order valence-corrected chi connectivity index (χ2v) is 3.13. The van der Waals surface area contributed by atoms with Gasteiger partial charge in [0, 0.05) is 14.0 Å². The van der Waals surface area contributed by atoms with E-state index in [1.165, 1.54) is 6.92 Å². The number of hydrogen-bond acceptors (Lipinski definition) is 3. The van der Waals surface area contributed by atoms with E-state index in [9.17, 15) is 4.79 Å². The molecule has 3 nitrogen and oxygen atoms in total. The standard InChI is InChI=1S/C11H14O3/c1-8-4-5-10(7-13-3)6-11(8)14-9(2)12/h4-6H,7H2,1-3H3. The minimum Gasteiger partial charge on any atom is -0.426 e. The molecule has 76 valence electrons. The van der Waals surface area contributed by atoms with Crippen LogP contribution >= 0.6 is 0 Å². The Morgan fingerprint density at radius 1 is 1.43 bits per heavy atom. The first-order valence-corrected chi connectivity index (χ1v) is 4.40. The summed E-state index contributed by atoms with van der Waals surface area (Å²) in [5.41, 5.74) is 1.94. The third-order valence-electron chi connectivity index (χ3n) is 1.82. The van der Waals surface area contributed by atoms with E-state index in [4.69, 9.17) is 9.47 Å². The van der Waals surface area contributed by atoms with Crippen LogP contribution in [0.3, 0.4) is 0 Å². The maximum absolute atomic E-state index is 10.8. The highest BCUT2D eigenvalue weighted by molar-refractivity contribution is 5.69. The number of esters is 1. The molecule has 0 fully saturated rings. The molecule has 0 aromatic heterocycles. The van der Waals surface area contributed by atoms with Gasteiger partial charge in [0.25, 0.3) is 0 Å². The molecule has 0 unspecified atom stereocenters. The number of rotatable bonds is 3. The van der Waals surface area contributed by atoms with Gasteiger partial charge >= 0.3 is 5.97 Å². The van der Waals surface area contributed by atoms with Crippen LogP contribution in [0.2, 0.25) is 0 Å². The van der Waals surface area contributed by atoms with Gasteiger partial charge in [-0.2, -0.15) is 0 Å². The minimum atomic E-state index is -0.303. The van der Waals surface area contributed by atoms with Crippen LogP contribution in [0.4, 0.5) is 0 Å². The summed E-state index contributed by atoms with van der Waals surface area (Å²) in [4.78, 5) is 10.8. The molecule has 0 spiro atoms. The number of benzene rings is 1. The lowest BCUT2D eigenvalue weighted by Crippen LogP contribution is -2.03. The van der Waals surface area contributed by atoms with Gasteiger partial charge in [-0.25, -0.2) is 0 Å². The quantitative estimate of drug-likeness (QED) is 0.545. The maximum atomic E-state index is 10.8. The van der Waals surface area contributed by atoms with Gasteiger partial charge in [-0.3, -0.25) is 4.79 Å². The van der Waals surface area contributed by atoms with Gasteiger partial charge in [-0.05, 0) is 24.1 Å². The first-order valence-electron chi connectivity index (χ1n) is 4.40. The zero-order chi connectivity index (χ0) is 10.6. The van der Waals surface area contributed by atoms with Crippen LogP contribution in [-0.4, -0.2) is 13.1 Å². The molecule has 0 bridgehead atoms. The number of aryl methyl sites for hydroxylation is 1. The van der Waals surface area contributed by atoms with Crippen LogP contribution in [0, 0.1) is 6.92 Å². The normalized spacial score (nSPS) is 9.93. The van der Waals surface area contributed by atoms with Gasteiger partial charge in [0.2, 0.25) is 0 Å². The molecule has 0 aliphatic heterocycles. The maximum Gasteiger partial charge on any atom is 0.308 e. The zero-order valence-corrected chi connectivity index (χ0v) is 8.66. The van der Waals surface area contributed by atoms with Crippen molar-refractivity contribution >= 4 is 5.97 Å². The molecule has 0 atom stereocenters. The first-order chi connectivity index (χ1) is 6.63. The smallest absolute Gasteiger partial charge is 0.308 e. The third-order valence-corrected chi connectivity index (χ3v) is 1.82. The van der Waals surface area contributed by atoms with Crippen molar-refractivity contribution in [3.8, 4) is 5.75 Å². The summed E-state index contributed by atoms with van der Waals surface area (Å²) < 4.78 is 10.0. The highest BCUT2D eigenvalue weighted by Gasteiger charge is 2.03. The summed E-state index contributed by atoms with van der Waals surface area (Å²) in [7, 11) is 1.63. The van der Waals surface area contributed by atoms with Crippen molar-refractivity contribution in [1.29, 1.82) is 0 Å². The topological polar surface area (TPSA) is 35.5 Å². The summed E-state index contributed by atoms with van der Waals surface area (Å²) in [6.45, 7) is 3.81. The van der Waals surface area contributed by atoms with E-state index in [0.29, 0.717) is 12.4 Å². The van der Waals surface area contributed by atoms with Crippen molar-refractivity contribution in [3.05, 3.63) is 29.3 Å². The zero-order valence-electron chi connectivity index (χ0n) is 8.66. The predicted molar refractivity (Wildman–Crippen MR) is 53.2 cm³/mol. The van der Waals surface area contributed by atoms with E-state index in [2.05, 4.69) is 0 Å². The predicted octanol–water partition coefficient (Wildman–Crippen LogP) is 2.07. The van der Waals surface area contributed by atoms with E-state index in [1.807, 2.05) is 25.1 Å². The summed E-state index contributed by atoms with van der Waals surface area (Å²) >= 11 is 0. The summed E-state index contributed by atoms with van der Waals surface area (Å²) in [5, 5.41) is 0. The Bertz CT molecular complexity index is 331. The van der Waals surface area contributed by atoms with Crippen LogP contribution in [0.25, 0.3) is 0 Å². The third kappa shape index (κ3) is 2.85. The Balaban J connectivity index is 2.90. The molecule has 1 rings (SSSR count). The monoisotopic (exact) mass is 194 g/mol.